The maximum absolute atomic E-state index is 13.2. The van der Waals surface area contributed by atoms with Crippen molar-refractivity contribution in [3.8, 4) is 5.75 Å². The fourth-order valence-corrected chi connectivity index (χ4v) is 1.12. The number of carbonyl (C=O) groups is 1. The van der Waals surface area contributed by atoms with Crippen LogP contribution in [-0.4, -0.2) is 17.7 Å². The third-order valence-corrected chi connectivity index (χ3v) is 2.00. The van der Waals surface area contributed by atoms with E-state index in [2.05, 4.69) is 0 Å². The van der Waals surface area contributed by atoms with Crippen molar-refractivity contribution in [2.24, 2.45) is 0 Å². The molecule has 88 valence electrons. The molecule has 0 fully saturated rings. The predicted molar refractivity (Wildman–Crippen MR) is 53.7 cm³/mol. The summed E-state index contributed by atoms with van der Waals surface area (Å²) in [6.07, 6.45) is 1.54. The SMILES string of the molecule is CCCCOc1cc(C(=O)O)cc(F)c1F. The van der Waals surface area contributed by atoms with Crippen LogP contribution in [0.1, 0.15) is 30.1 Å². The standard InChI is InChI=1S/C11H12F2O3/c1-2-3-4-16-9-6-7(11(14)15)5-8(12)10(9)13/h5-6H,2-4H2,1H3,(H,14,15). The molecule has 0 bridgehead atoms. The monoisotopic (exact) mass is 230 g/mol. The minimum Gasteiger partial charge on any atom is -0.490 e. The largest absolute Gasteiger partial charge is 0.490 e. The van der Waals surface area contributed by atoms with Gasteiger partial charge in [0.25, 0.3) is 0 Å². The minimum absolute atomic E-state index is 0.232. The molecule has 0 atom stereocenters. The van der Waals surface area contributed by atoms with Gasteiger partial charge in [0.05, 0.1) is 12.2 Å². The van der Waals surface area contributed by atoms with Crippen LogP contribution in [-0.2, 0) is 0 Å². The lowest BCUT2D eigenvalue weighted by atomic mass is 10.2. The Bertz CT molecular complexity index is 391. The van der Waals surface area contributed by atoms with E-state index in [0.29, 0.717) is 12.5 Å². The molecule has 3 nitrogen and oxygen atoms in total. The first-order valence-corrected chi connectivity index (χ1v) is 4.91. The number of hydrogen-bond acceptors (Lipinski definition) is 2. The van der Waals surface area contributed by atoms with Crippen LogP contribution >= 0.6 is 0 Å². The molecule has 0 saturated carbocycles. The van der Waals surface area contributed by atoms with E-state index in [-0.39, 0.29) is 17.9 Å². The zero-order valence-corrected chi connectivity index (χ0v) is 8.80. The Morgan fingerprint density at radius 2 is 2.12 bits per heavy atom. The summed E-state index contributed by atoms with van der Waals surface area (Å²) >= 11 is 0. The second-order valence-corrected chi connectivity index (χ2v) is 3.28. The van der Waals surface area contributed by atoms with Crippen molar-refractivity contribution in [2.75, 3.05) is 6.61 Å². The topological polar surface area (TPSA) is 46.5 Å². The molecule has 0 aliphatic heterocycles. The Kier molecular flexibility index (Phi) is 4.22. The van der Waals surface area contributed by atoms with Crippen LogP contribution in [0.15, 0.2) is 12.1 Å². The molecule has 0 saturated heterocycles. The van der Waals surface area contributed by atoms with Crippen molar-refractivity contribution >= 4 is 5.97 Å². The molecule has 1 rings (SSSR count). The number of aromatic carboxylic acids is 1. The Morgan fingerprint density at radius 3 is 2.69 bits per heavy atom. The second-order valence-electron chi connectivity index (χ2n) is 3.28. The predicted octanol–water partition coefficient (Wildman–Crippen LogP) is 2.84. The van der Waals surface area contributed by atoms with E-state index < -0.39 is 17.6 Å². The molecule has 0 aromatic heterocycles. The summed E-state index contributed by atoms with van der Waals surface area (Å²) in [5.74, 6) is -4.04. The number of carboxylic acids is 1. The molecule has 0 unspecified atom stereocenters. The van der Waals surface area contributed by atoms with E-state index in [1.54, 1.807) is 0 Å². The Labute approximate surface area is 91.7 Å². The van der Waals surface area contributed by atoms with Crippen LogP contribution in [0.3, 0.4) is 0 Å². The van der Waals surface area contributed by atoms with Crippen LogP contribution in [0.4, 0.5) is 8.78 Å². The van der Waals surface area contributed by atoms with Crippen molar-refractivity contribution < 1.29 is 23.4 Å². The van der Waals surface area contributed by atoms with Gasteiger partial charge >= 0.3 is 5.97 Å². The summed E-state index contributed by atoms with van der Waals surface area (Å²) in [6, 6.07) is 1.61. The summed E-state index contributed by atoms with van der Waals surface area (Å²) in [6.45, 7) is 2.16. The van der Waals surface area contributed by atoms with Crippen LogP contribution in [0.2, 0.25) is 0 Å². The second kappa shape index (κ2) is 5.44. The van der Waals surface area contributed by atoms with E-state index in [9.17, 15) is 13.6 Å². The zero-order chi connectivity index (χ0) is 12.1. The first-order valence-electron chi connectivity index (χ1n) is 4.91. The molecule has 1 aromatic carbocycles. The van der Waals surface area contributed by atoms with Gasteiger partial charge in [0.2, 0.25) is 5.82 Å². The smallest absolute Gasteiger partial charge is 0.335 e. The normalized spacial score (nSPS) is 10.2. The number of ether oxygens (including phenoxy) is 1. The first-order chi connectivity index (χ1) is 7.56. The molecule has 0 spiro atoms. The lowest BCUT2D eigenvalue weighted by Crippen LogP contribution is -2.04. The lowest BCUT2D eigenvalue weighted by Gasteiger charge is -2.07. The molecule has 1 N–H and O–H groups in total. The molecule has 0 heterocycles. The van der Waals surface area contributed by atoms with Gasteiger partial charge in [-0.05, 0) is 18.6 Å². The third kappa shape index (κ3) is 2.92. The van der Waals surface area contributed by atoms with Gasteiger partial charge in [-0.1, -0.05) is 13.3 Å². The third-order valence-electron chi connectivity index (χ3n) is 2.00. The van der Waals surface area contributed by atoms with Crippen molar-refractivity contribution in [1.82, 2.24) is 0 Å². The molecule has 1 aromatic rings. The van der Waals surface area contributed by atoms with E-state index in [4.69, 9.17) is 9.84 Å². The van der Waals surface area contributed by atoms with Gasteiger partial charge in [0.1, 0.15) is 0 Å². The van der Waals surface area contributed by atoms with Crippen LogP contribution in [0, 0.1) is 11.6 Å². The molecular formula is C11H12F2O3. The maximum Gasteiger partial charge on any atom is 0.335 e. The number of carboxylic acid groups (broad SMARTS) is 1. The average Bonchev–Trinajstić information content (AvgIpc) is 2.24. The zero-order valence-electron chi connectivity index (χ0n) is 8.80. The van der Waals surface area contributed by atoms with E-state index in [0.717, 1.165) is 12.5 Å². The van der Waals surface area contributed by atoms with Crippen molar-refractivity contribution in [2.45, 2.75) is 19.8 Å². The lowest BCUT2D eigenvalue weighted by molar-refractivity contribution is 0.0695. The van der Waals surface area contributed by atoms with E-state index in [1.165, 1.54) is 0 Å². The molecule has 16 heavy (non-hydrogen) atoms. The highest BCUT2D eigenvalue weighted by atomic mass is 19.2. The number of unbranched alkanes of at least 4 members (excludes halogenated alkanes) is 1. The Balaban J connectivity index is 2.93. The molecule has 5 heteroatoms. The molecule has 0 aliphatic rings. The quantitative estimate of drug-likeness (QED) is 0.791. The number of hydrogen-bond donors (Lipinski definition) is 1. The van der Waals surface area contributed by atoms with Crippen molar-refractivity contribution in [1.29, 1.82) is 0 Å². The van der Waals surface area contributed by atoms with Gasteiger partial charge < -0.3 is 9.84 Å². The molecule has 0 radical (unpaired) electrons. The summed E-state index contributed by atoms with van der Waals surface area (Å²) < 4.78 is 31.1. The van der Waals surface area contributed by atoms with Crippen LogP contribution < -0.4 is 4.74 Å². The summed E-state index contributed by atoms with van der Waals surface area (Å²) in [7, 11) is 0. The average molecular weight is 230 g/mol. The number of benzene rings is 1. The Morgan fingerprint density at radius 1 is 1.44 bits per heavy atom. The molecular weight excluding hydrogens is 218 g/mol. The highest BCUT2D eigenvalue weighted by Gasteiger charge is 2.15. The van der Waals surface area contributed by atoms with Crippen molar-refractivity contribution in [3.05, 3.63) is 29.3 Å². The van der Waals surface area contributed by atoms with E-state index in [1.807, 2.05) is 6.92 Å². The highest BCUT2D eigenvalue weighted by Crippen LogP contribution is 2.22. The fourth-order valence-electron chi connectivity index (χ4n) is 1.12. The van der Waals surface area contributed by atoms with Gasteiger partial charge in [-0.3, -0.25) is 0 Å². The van der Waals surface area contributed by atoms with Gasteiger partial charge in [-0.2, -0.15) is 4.39 Å². The maximum atomic E-state index is 13.2. The number of rotatable bonds is 5. The minimum atomic E-state index is -1.32. The Hall–Kier alpha value is -1.65. The summed E-state index contributed by atoms with van der Waals surface area (Å²) in [4.78, 5) is 10.6. The fraction of sp³-hybridized carbons (Fsp3) is 0.364. The molecule has 0 aliphatic carbocycles. The van der Waals surface area contributed by atoms with E-state index >= 15 is 0 Å². The first kappa shape index (κ1) is 12.4. The number of halogens is 2. The van der Waals surface area contributed by atoms with Gasteiger partial charge in [-0.15, -0.1) is 0 Å². The van der Waals surface area contributed by atoms with Crippen LogP contribution in [0.25, 0.3) is 0 Å². The summed E-state index contributed by atoms with van der Waals surface area (Å²) in [5.41, 5.74) is -0.328. The van der Waals surface area contributed by atoms with Gasteiger partial charge in [-0.25, -0.2) is 9.18 Å². The highest BCUT2D eigenvalue weighted by molar-refractivity contribution is 5.88. The molecule has 0 amide bonds. The van der Waals surface area contributed by atoms with Crippen LogP contribution in [0.5, 0.6) is 5.75 Å². The van der Waals surface area contributed by atoms with Crippen molar-refractivity contribution in [3.63, 3.8) is 0 Å². The summed E-state index contributed by atoms with van der Waals surface area (Å²) in [5, 5.41) is 8.65. The van der Waals surface area contributed by atoms with Gasteiger partial charge in [0.15, 0.2) is 11.6 Å². The van der Waals surface area contributed by atoms with Gasteiger partial charge in [0, 0.05) is 0 Å².